The molecule has 0 radical (unpaired) electrons. The molecule has 0 unspecified atom stereocenters. The van der Waals surface area contributed by atoms with Crippen LogP contribution in [0.5, 0.6) is 0 Å². The number of esters is 1. The zero-order chi connectivity index (χ0) is 10.9. The first-order valence-electron chi connectivity index (χ1n) is 4.72. The highest BCUT2D eigenvalue weighted by Crippen LogP contribution is 2.47. The van der Waals surface area contributed by atoms with Crippen LogP contribution in [0.4, 0.5) is 0 Å². The lowest BCUT2D eigenvalue weighted by atomic mass is 9.75. The molecule has 0 aromatic rings. The second-order valence-electron chi connectivity index (χ2n) is 4.37. The minimum atomic E-state index is -0.818. The number of aliphatic carboxylic acids is 1. The first kappa shape index (κ1) is 11.0. The van der Waals surface area contributed by atoms with Crippen molar-refractivity contribution in [3.8, 4) is 0 Å². The van der Waals surface area contributed by atoms with E-state index in [9.17, 15) is 9.59 Å². The molecular formula is C10H16O4. The smallest absolute Gasteiger partial charge is 0.309 e. The van der Waals surface area contributed by atoms with Gasteiger partial charge in [-0.1, -0.05) is 13.8 Å². The zero-order valence-corrected chi connectivity index (χ0v) is 8.74. The Balaban J connectivity index is 2.86. The van der Waals surface area contributed by atoms with Crippen molar-refractivity contribution in [2.24, 2.45) is 17.3 Å². The van der Waals surface area contributed by atoms with E-state index in [1.54, 1.807) is 0 Å². The van der Waals surface area contributed by atoms with Gasteiger partial charge >= 0.3 is 11.9 Å². The molecule has 0 aliphatic heterocycles. The van der Waals surface area contributed by atoms with Crippen molar-refractivity contribution >= 4 is 11.9 Å². The molecule has 1 saturated carbocycles. The van der Waals surface area contributed by atoms with Crippen molar-refractivity contribution in [1.82, 2.24) is 0 Å². The number of hydrogen-bond donors (Lipinski definition) is 1. The average molecular weight is 200 g/mol. The van der Waals surface area contributed by atoms with Crippen molar-refractivity contribution in [2.75, 3.05) is 7.11 Å². The van der Waals surface area contributed by atoms with Crippen LogP contribution in [0, 0.1) is 17.3 Å². The summed E-state index contributed by atoms with van der Waals surface area (Å²) in [5.74, 6) is -1.83. The van der Waals surface area contributed by atoms with E-state index < -0.39 is 17.3 Å². The van der Waals surface area contributed by atoms with Gasteiger partial charge in [-0.3, -0.25) is 9.59 Å². The number of carboxylic acid groups (broad SMARTS) is 1. The average Bonchev–Trinajstić information content (AvgIpc) is 2.39. The molecule has 0 aromatic carbocycles. The lowest BCUT2D eigenvalue weighted by Gasteiger charge is -2.28. The van der Waals surface area contributed by atoms with E-state index in [0.717, 1.165) is 0 Å². The molecule has 2 atom stereocenters. The molecule has 0 amide bonds. The summed E-state index contributed by atoms with van der Waals surface area (Å²) in [6.45, 7) is 3.64. The predicted octanol–water partition coefficient (Wildman–Crippen LogP) is 1.30. The van der Waals surface area contributed by atoms with Crippen molar-refractivity contribution in [3.05, 3.63) is 0 Å². The molecule has 4 heteroatoms. The van der Waals surface area contributed by atoms with Crippen LogP contribution in [0.25, 0.3) is 0 Å². The maximum Gasteiger partial charge on any atom is 0.309 e. The predicted molar refractivity (Wildman–Crippen MR) is 49.6 cm³/mol. The summed E-state index contributed by atoms with van der Waals surface area (Å²) in [6, 6.07) is 0. The second-order valence-corrected chi connectivity index (χ2v) is 4.37. The number of ether oxygens (including phenoxy) is 1. The highest BCUT2D eigenvalue weighted by Gasteiger charge is 2.50. The SMILES string of the molecule is COC(=O)[C@@H]1CC[C@H](C(=O)O)C1(C)C. The van der Waals surface area contributed by atoms with Gasteiger partial charge in [-0.15, -0.1) is 0 Å². The van der Waals surface area contributed by atoms with E-state index in [1.165, 1.54) is 7.11 Å². The molecule has 0 bridgehead atoms. The summed E-state index contributed by atoms with van der Waals surface area (Å²) in [7, 11) is 1.34. The van der Waals surface area contributed by atoms with Crippen LogP contribution in [0.2, 0.25) is 0 Å². The molecule has 0 heterocycles. The molecule has 1 fully saturated rings. The Morgan fingerprint density at radius 2 is 1.79 bits per heavy atom. The van der Waals surface area contributed by atoms with Crippen LogP contribution in [0.3, 0.4) is 0 Å². The summed E-state index contributed by atoms with van der Waals surface area (Å²) in [5.41, 5.74) is -0.501. The standard InChI is InChI=1S/C10H16O4/c1-10(2)6(8(11)12)4-5-7(10)9(13)14-3/h6-7H,4-5H2,1-3H3,(H,11,12)/t6-,7+/m1/s1. The maximum atomic E-state index is 11.4. The molecule has 0 spiro atoms. The van der Waals surface area contributed by atoms with Gasteiger partial charge in [-0.2, -0.15) is 0 Å². The minimum Gasteiger partial charge on any atom is -0.481 e. The molecule has 4 nitrogen and oxygen atoms in total. The Hall–Kier alpha value is -1.06. The van der Waals surface area contributed by atoms with Crippen molar-refractivity contribution in [1.29, 1.82) is 0 Å². The first-order chi connectivity index (χ1) is 6.41. The number of hydrogen-bond acceptors (Lipinski definition) is 3. The number of carboxylic acids is 1. The molecule has 14 heavy (non-hydrogen) atoms. The van der Waals surface area contributed by atoms with Gasteiger partial charge in [0.1, 0.15) is 0 Å². The molecule has 0 aromatic heterocycles. The lowest BCUT2D eigenvalue weighted by Crippen LogP contribution is -2.34. The van der Waals surface area contributed by atoms with Gasteiger partial charge in [0, 0.05) is 0 Å². The van der Waals surface area contributed by atoms with Crippen molar-refractivity contribution in [2.45, 2.75) is 26.7 Å². The third-order valence-corrected chi connectivity index (χ3v) is 3.32. The van der Waals surface area contributed by atoms with Gasteiger partial charge in [0.2, 0.25) is 0 Å². The maximum absolute atomic E-state index is 11.4. The van der Waals surface area contributed by atoms with Gasteiger partial charge in [0.15, 0.2) is 0 Å². The summed E-state index contributed by atoms with van der Waals surface area (Å²) < 4.78 is 4.67. The Morgan fingerprint density at radius 1 is 1.29 bits per heavy atom. The quantitative estimate of drug-likeness (QED) is 0.682. The van der Waals surface area contributed by atoms with Gasteiger partial charge in [-0.25, -0.2) is 0 Å². The Bertz CT molecular complexity index is 257. The fourth-order valence-electron chi connectivity index (χ4n) is 2.33. The van der Waals surface area contributed by atoms with Crippen molar-refractivity contribution < 1.29 is 19.4 Å². The number of rotatable bonds is 2. The summed E-state index contributed by atoms with van der Waals surface area (Å²) >= 11 is 0. The molecule has 1 rings (SSSR count). The number of methoxy groups -OCH3 is 1. The van der Waals surface area contributed by atoms with E-state index in [1.807, 2.05) is 13.8 Å². The number of carbonyl (C=O) groups is 2. The molecule has 1 N–H and O–H groups in total. The van der Waals surface area contributed by atoms with Crippen LogP contribution in [-0.2, 0) is 14.3 Å². The van der Waals surface area contributed by atoms with E-state index in [2.05, 4.69) is 4.74 Å². The topological polar surface area (TPSA) is 63.6 Å². The largest absolute Gasteiger partial charge is 0.481 e. The third kappa shape index (κ3) is 1.61. The van der Waals surface area contributed by atoms with Gasteiger partial charge in [-0.05, 0) is 18.3 Å². The van der Waals surface area contributed by atoms with E-state index in [0.29, 0.717) is 12.8 Å². The summed E-state index contributed by atoms with van der Waals surface area (Å²) in [6.07, 6.45) is 1.17. The van der Waals surface area contributed by atoms with Crippen LogP contribution in [-0.4, -0.2) is 24.2 Å². The molecular weight excluding hydrogens is 184 g/mol. The van der Waals surface area contributed by atoms with E-state index in [4.69, 9.17) is 5.11 Å². The van der Waals surface area contributed by atoms with Crippen LogP contribution < -0.4 is 0 Å². The van der Waals surface area contributed by atoms with Crippen LogP contribution in [0.1, 0.15) is 26.7 Å². The van der Waals surface area contributed by atoms with Gasteiger partial charge in [0.05, 0.1) is 18.9 Å². The summed E-state index contributed by atoms with van der Waals surface area (Å²) in [4.78, 5) is 22.3. The second kappa shape index (κ2) is 3.59. The van der Waals surface area contributed by atoms with Crippen molar-refractivity contribution in [3.63, 3.8) is 0 Å². The van der Waals surface area contributed by atoms with Crippen LogP contribution in [0.15, 0.2) is 0 Å². The minimum absolute atomic E-state index is 0.284. The van der Waals surface area contributed by atoms with Gasteiger partial charge in [0.25, 0.3) is 0 Å². The highest BCUT2D eigenvalue weighted by atomic mass is 16.5. The van der Waals surface area contributed by atoms with E-state index in [-0.39, 0.29) is 11.9 Å². The lowest BCUT2D eigenvalue weighted by molar-refractivity contribution is -0.152. The van der Waals surface area contributed by atoms with Gasteiger partial charge < -0.3 is 9.84 Å². The fraction of sp³-hybridized carbons (Fsp3) is 0.800. The molecule has 1 aliphatic rings. The molecule has 0 saturated heterocycles. The Morgan fingerprint density at radius 3 is 2.14 bits per heavy atom. The molecule has 80 valence electrons. The normalized spacial score (nSPS) is 29.9. The highest BCUT2D eigenvalue weighted by molar-refractivity contribution is 5.78. The third-order valence-electron chi connectivity index (χ3n) is 3.32. The number of carbonyl (C=O) groups excluding carboxylic acids is 1. The Labute approximate surface area is 83.2 Å². The monoisotopic (exact) mass is 200 g/mol. The van der Waals surface area contributed by atoms with Crippen LogP contribution >= 0.6 is 0 Å². The first-order valence-corrected chi connectivity index (χ1v) is 4.72. The molecule has 1 aliphatic carbocycles. The Kier molecular flexibility index (Phi) is 2.83. The van der Waals surface area contributed by atoms with E-state index >= 15 is 0 Å². The fourth-order valence-corrected chi connectivity index (χ4v) is 2.33. The zero-order valence-electron chi connectivity index (χ0n) is 8.74. The summed E-state index contributed by atoms with van der Waals surface area (Å²) in [5, 5.41) is 8.97.